The van der Waals surface area contributed by atoms with Gasteiger partial charge in [-0.3, -0.25) is 0 Å². The largest absolute Gasteiger partial charge is 0.308 e. The molecule has 0 spiro atoms. The van der Waals surface area contributed by atoms with Crippen molar-refractivity contribution in [3.05, 3.63) is 163 Å². The van der Waals surface area contributed by atoms with E-state index in [0.717, 1.165) is 27.8 Å². The van der Waals surface area contributed by atoms with E-state index in [2.05, 4.69) is 129 Å². The Labute approximate surface area is 248 Å². The summed E-state index contributed by atoms with van der Waals surface area (Å²) in [5, 5.41) is 15.5. The van der Waals surface area contributed by atoms with E-state index >= 15 is 0 Å². The molecule has 6 rings (SSSR count). The van der Waals surface area contributed by atoms with Gasteiger partial charge in [-0.25, -0.2) is 0 Å². The molecule has 6 aromatic rings. The highest BCUT2D eigenvalue weighted by Crippen LogP contribution is 2.44. The summed E-state index contributed by atoms with van der Waals surface area (Å²) in [6.45, 7) is 12.2. The molecule has 0 bridgehead atoms. The zero-order chi connectivity index (χ0) is 29.2. The van der Waals surface area contributed by atoms with E-state index in [9.17, 15) is 0 Å². The Kier molecular flexibility index (Phi) is 7.25. The average molecular weight is 540 g/mol. The van der Waals surface area contributed by atoms with Crippen LogP contribution in [0, 0.1) is 12.3 Å². The first kappa shape index (κ1) is 26.9. The third-order valence-corrected chi connectivity index (χ3v) is 8.11. The topological polar surface area (TPSA) is 23.9 Å². The predicted molar refractivity (Wildman–Crippen MR) is 184 cm³/mol. The summed E-state index contributed by atoms with van der Waals surface area (Å²) >= 11 is 0. The van der Waals surface area contributed by atoms with E-state index in [-0.39, 0.29) is 0 Å². The summed E-state index contributed by atoms with van der Waals surface area (Å²) in [7, 11) is 0. The second-order valence-corrected chi connectivity index (χ2v) is 10.7. The lowest BCUT2D eigenvalue weighted by molar-refractivity contribution is 1.51. The van der Waals surface area contributed by atoms with Crippen molar-refractivity contribution in [2.24, 2.45) is 0 Å². The molecule has 0 aliphatic carbocycles. The van der Waals surface area contributed by atoms with Crippen molar-refractivity contribution in [2.45, 2.75) is 13.8 Å². The number of fused-ring (bicyclic) bond motifs is 3. The summed E-state index contributed by atoms with van der Waals surface area (Å²) in [6.07, 6.45) is 7.11. The van der Waals surface area contributed by atoms with Crippen LogP contribution in [0.25, 0.3) is 60.1 Å². The minimum absolute atomic E-state index is 0.810. The fraction of sp³-hybridized carbons (Fsp3) is 0.0488. The zero-order valence-electron chi connectivity index (χ0n) is 24.1. The summed E-state index contributed by atoms with van der Waals surface area (Å²) in [4.78, 5) is 0. The van der Waals surface area contributed by atoms with Gasteiger partial charge >= 0.3 is 0 Å². The number of rotatable bonds is 7. The molecule has 0 aliphatic heterocycles. The van der Waals surface area contributed by atoms with Crippen molar-refractivity contribution in [2.75, 3.05) is 0 Å². The lowest BCUT2D eigenvalue weighted by Crippen LogP contribution is -1.92. The first-order chi connectivity index (χ1) is 20.5. The molecular weight excluding hydrogens is 506 g/mol. The number of benzene rings is 6. The average Bonchev–Trinajstić information content (AvgIpc) is 3.02. The Hall–Kier alpha value is -5.27. The maximum atomic E-state index is 8.07. The van der Waals surface area contributed by atoms with Crippen LogP contribution in [0.2, 0.25) is 0 Å². The van der Waals surface area contributed by atoms with E-state index in [1.807, 2.05) is 19.1 Å². The fourth-order valence-corrected chi connectivity index (χ4v) is 6.02. The van der Waals surface area contributed by atoms with Crippen LogP contribution in [-0.2, 0) is 0 Å². The standard InChI is InChI=1S/C41H33N/c1-5-29(6-2)28(4)24-35(26-42)31-17-20-32(21-18-31)40-36-11-7-9-13-38(36)41(39-14-10-8-12-37(39)40)33-22-19-30-16-15-27(3)23-34(30)25-33/h5-26,42H,1,4H2,2-3H3/b29-6+,35-24+,42-26?. The summed E-state index contributed by atoms with van der Waals surface area (Å²) in [5.41, 5.74) is 9.72. The number of aryl methyl sites for hydroxylation is 1. The molecule has 0 saturated heterocycles. The highest BCUT2D eigenvalue weighted by atomic mass is 14.3. The van der Waals surface area contributed by atoms with Crippen molar-refractivity contribution in [1.29, 1.82) is 5.41 Å². The predicted octanol–water partition coefficient (Wildman–Crippen LogP) is 11.5. The van der Waals surface area contributed by atoms with Gasteiger partial charge in [-0.15, -0.1) is 0 Å². The Morgan fingerprint density at radius 1 is 0.667 bits per heavy atom. The summed E-state index contributed by atoms with van der Waals surface area (Å²) in [6, 6.07) is 39.5. The first-order valence-corrected chi connectivity index (χ1v) is 14.3. The monoisotopic (exact) mass is 539 g/mol. The van der Waals surface area contributed by atoms with Gasteiger partial charge in [0, 0.05) is 6.21 Å². The molecule has 0 heterocycles. The van der Waals surface area contributed by atoms with E-state index in [4.69, 9.17) is 5.41 Å². The lowest BCUT2D eigenvalue weighted by Gasteiger charge is -2.18. The first-order valence-electron chi connectivity index (χ1n) is 14.3. The lowest BCUT2D eigenvalue weighted by atomic mass is 9.85. The van der Waals surface area contributed by atoms with Gasteiger partial charge in [0.05, 0.1) is 0 Å². The van der Waals surface area contributed by atoms with Crippen LogP contribution in [0.15, 0.2) is 152 Å². The van der Waals surface area contributed by atoms with Crippen LogP contribution in [0.1, 0.15) is 18.1 Å². The van der Waals surface area contributed by atoms with E-state index in [1.54, 1.807) is 6.08 Å². The summed E-state index contributed by atoms with van der Waals surface area (Å²) < 4.78 is 0. The van der Waals surface area contributed by atoms with Crippen molar-refractivity contribution in [3.63, 3.8) is 0 Å². The zero-order valence-corrected chi connectivity index (χ0v) is 24.1. The van der Waals surface area contributed by atoms with Crippen LogP contribution in [0.4, 0.5) is 0 Å². The molecule has 6 aromatic carbocycles. The molecule has 0 atom stereocenters. The smallest absolute Gasteiger partial charge is 0.0256 e. The Balaban J connectivity index is 1.54. The van der Waals surface area contributed by atoms with E-state index in [1.165, 1.54) is 60.8 Å². The molecule has 0 saturated carbocycles. The molecule has 0 radical (unpaired) electrons. The number of allylic oxidation sites excluding steroid dienone is 6. The molecule has 1 N–H and O–H groups in total. The molecule has 42 heavy (non-hydrogen) atoms. The molecule has 0 aliphatic rings. The van der Waals surface area contributed by atoms with E-state index < -0.39 is 0 Å². The molecule has 0 fully saturated rings. The van der Waals surface area contributed by atoms with E-state index in [0.29, 0.717) is 0 Å². The third-order valence-electron chi connectivity index (χ3n) is 8.11. The Morgan fingerprint density at radius 2 is 1.21 bits per heavy atom. The van der Waals surface area contributed by atoms with Gasteiger partial charge in [0.15, 0.2) is 0 Å². The SMILES string of the molecule is C=C/C(=C\C)C(=C)/C=C(\C=N)c1ccc(-c2c3ccccc3c(-c3ccc4ccc(C)cc4c3)c3ccccc23)cc1. The van der Waals surface area contributed by atoms with Crippen molar-refractivity contribution in [1.82, 2.24) is 0 Å². The quantitative estimate of drug-likeness (QED) is 0.118. The molecule has 202 valence electrons. The fourth-order valence-electron chi connectivity index (χ4n) is 6.02. The Morgan fingerprint density at radius 3 is 1.76 bits per heavy atom. The van der Waals surface area contributed by atoms with Gasteiger partial charge in [0.1, 0.15) is 0 Å². The minimum Gasteiger partial charge on any atom is -0.308 e. The second-order valence-electron chi connectivity index (χ2n) is 10.7. The number of hydrogen-bond acceptors (Lipinski definition) is 1. The van der Waals surface area contributed by atoms with Crippen molar-refractivity contribution in [3.8, 4) is 22.3 Å². The van der Waals surface area contributed by atoms with Crippen molar-refractivity contribution >= 4 is 44.1 Å². The van der Waals surface area contributed by atoms with Gasteiger partial charge in [-0.1, -0.05) is 134 Å². The normalized spacial score (nSPS) is 12.1. The number of hydrogen-bond donors (Lipinski definition) is 1. The maximum Gasteiger partial charge on any atom is 0.0256 e. The number of nitrogens with one attached hydrogen (secondary N) is 1. The summed E-state index contributed by atoms with van der Waals surface area (Å²) in [5.74, 6) is 0. The molecule has 1 heteroatoms. The van der Waals surface area contributed by atoms with Crippen LogP contribution >= 0.6 is 0 Å². The maximum absolute atomic E-state index is 8.07. The Bertz CT molecular complexity index is 2030. The van der Waals surface area contributed by atoms with Gasteiger partial charge in [0.2, 0.25) is 0 Å². The molecule has 1 nitrogen and oxygen atoms in total. The van der Waals surface area contributed by atoms with Gasteiger partial charge in [0.25, 0.3) is 0 Å². The molecule has 0 unspecified atom stereocenters. The highest BCUT2D eigenvalue weighted by molar-refractivity contribution is 6.21. The van der Waals surface area contributed by atoms with Gasteiger partial charge in [-0.05, 0) is 103 Å². The van der Waals surface area contributed by atoms with Crippen LogP contribution in [0.5, 0.6) is 0 Å². The molecule has 0 amide bonds. The van der Waals surface area contributed by atoms with Gasteiger partial charge < -0.3 is 5.41 Å². The highest BCUT2D eigenvalue weighted by Gasteiger charge is 2.17. The second kappa shape index (κ2) is 11.3. The van der Waals surface area contributed by atoms with Crippen LogP contribution in [-0.4, -0.2) is 6.21 Å². The molecule has 0 aromatic heterocycles. The minimum atomic E-state index is 0.810. The van der Waals surface area contributed by atoms with Crippen LogP contribution < -0.4 is 0 Å². The van der Waals surface area contributed by atoms with Crippen molar-refractivity contribution < 1.29 is 0 Å². The van der Waals surface area contributed by atoms with Crippen LogP contribution in [0.3, 0.4) is 0 Å². The van der Waals surface area contributed by atoms with Gasteiger partial charge in [-0.2, -0.15) is 0 Å². The molecular formula is C41H33N. The third kappa shape index (κ3) is 4.80.